The third-order valence-corrected chi connectivity index (χ3v) is 8.37. The number of thiophene rings is 1. The van der Waals surface area contributed by atoms with Gasteiger partial charge in [0.25, 0.3) is 0 Å². The average molecular weight is 550 g/mol. The van der Waals surface area contributed by atoms with Crippen LogP contribution in [0.3, 0.4) is 0 Å². The number of carbonyl (C=O) groups excluding carboxylic acids is 1. The van der Waals surface area contributed by atoms with Gasteiger partial charge in [-0.2, -0.15) is 0 Å². The van der Waals surface area contributed by atoms with Crippen LogP contribution in [0.15, 0.2) is 65.1 Å². The molecular formula is C27H27N5O4S2. The molecule has 4 aromatic rings. The van der Waals surface area contributed by atoms with Crippen LogP contribution in [-0.4, -0.2) is 76.3 Å². The van der Waals surface area contributed by atoms with Gasteiger partial charge in [0.15, 0.2) is 22.5 Å². The molecule has 2 aliphatic rings. The molecule has 9 nitrogen and oxygen atoms in total. The summed E-state index contributed by atoms with van der Waals surface area (Å²) in [5.41, 5.74) is 2.03. The predicted molar refractivity (Wildman–Crippen MR) is 146 cm³/mol. The van der Waals surface area contributed by atoms with E-state index in [4.69, 9.17) is 14.2 Å². The molecular weight excluding hydrogens is 522 g/mol. The highest BCUT2D eigenvalue weighted by atomic mass is 32.2. The fourth-order valence-electron chi connectivity index (χ4n) is 4.63. The van der Waals surface area contributed by atoms with Gasteiger partial charge in [-0.05, 0) is 41.3 Å². The molecule has 2 aromatic carbocycles. The maximum absolute atomic E-state index is 13.1. The second kappa shape index (κ2) is 11.1. The number of piperazine rings is 1. The van der Waals surface area contributed by atoms with Crippen LogP contribution < -0.4 is 14.2 Å². The molecule has 1 fully saturated rings. The summed E-state index contributed by atoms with van der Waals surface area (Å²) >= 11 is 3.00. The van der Waals surface area contributed by atoms with Gasteiger partial charge in [0, 0.05) is 32.7 Å². The van der Waals surface area contributed by atoms with E-state index in [2.05, 4.69) is 21.2 Å². The van der Waals surface area contributed by atoms with Gasteiger partial charge in [0.2, 0.25) is 12.7 Å². The maximum Gasteiger partial charge on any atom is 0.233 e. The lowest BCUT2D eigenvalue weighted by atomic mass is 10.1. The zero-order chi connectivity index (χ0) is 25.9. The normalized spacial score (nSPS) is 15.1. The third-order valence-electron chi connectivity index (χ3n) is 6.59. The first-order valence-corrected chi connectivity index (χ1v) is 14.2. The van der Waals surface area contributed by atoms with E-state index in [1.54, 1.807) is 18.4 Å². The molecule has 0 spiro atoms. The molecule has 0 saturated carbocycles. The molecule has 0 atom stereocenters. The molecule has 4 heterocycles. The number of benzene rings is 2. The van der Waals surface area contributed by atoms with Gasteiger partial charge in [0.05, 0.1) is 23.4 Å². The van der Waals surface area contributed by atoms with Crippen molar-refractivity contribution in [3.05, 3.63) is 65.5 Å². The summed E-state index contributed by atoms with van der Waals surface area (Å²) in [7, 11) is 1.65. The van der Waals surface area contributed by atoms with Crippen LogP contribution in [0.25, 0.3) is 16.4 Å². The van der Waals surface area contributed by atoms with Gasteiger partial charge in [-0.25, -0.2) is 0 Å². The van der Waals surface area contributed by atoms with Crippen molar-refractivity contribution in [1.29, 1.82) is 0 Å². The SMILES string of the molecule is COc1ccccc1-n1c(SCC(=O)N2CCN(Cc3ccc4c(c3)OCO4)CC2)nnc1-c1cccs1. The summed E-state index contributed by atoms with van der Waals surface area (Å²) in [6, 6.07) is 17.9. The Hall–Kier alpha value is -3.54. The van der Waals surface area contributed by atoms with E-state index >= 15 is 0 Å². The highest BCUT2D eigenvalue weighted by molar-refractivity contribution is 7.99. The summed E-state index contributed by atoms with van der Waals surface area (Å²) in [5, 5.41) is 11.6. The molecule has 38 heavy (non-hydrogen) atoms. The first-order valence-electron chi connectivity index (χ1n) is 12.3. The van der Waals surface area contributed by atoms with Crippen LogP contribution in [0.5, 0.6) is 17.2 Å². The lowest BCUT2D eigenvalue weighted by Gasteiger charge is -2.34. The zero-order valence-electron chi connectivity index (χ0n) is 20.9. The minimum absolute atomic E-state index is 0.102. The quantitative estimate of drug-likeness (QED) is 0.303. The van der Waals surface area contributed by atoms with Gasteiger partial charge in [-0.15, -0.1) is 21.5 Å². The first-order chi connectivity index (χ1) is 18.7. The number of thioether (sulfide) groups is 1. The summed E-state index contributed by atoms with van der Waals surface area (Å²) in [4.78, 5) is 18.4. The molecule has 2 aromatic heterocycles. The average Bonchev–Trinajstić information content (AvgIpc) is 3.73. The molecule has 6 rings (SSSR count). The zero-order valence-corrected chi connectivity index (χ0v) is 22.5. The van der Waals surface area contributed by atoms with Crippen molar-refractivity contribution in [2.45, 2.75) is 11.7 Å². The number of hydrogen-bond acceptors (Lipinski definition) is 9. The third kappa shape index (κ3) is 5.09. The Labute approximate surface area is 228 Å². The van der Waals surface area contributed by atoms with Gasteiger partial charge < -0.3 is 19.1 Å². The molecule has 0 N–H and O–H groups in total. The van der Waals surface area contributed by atoms with Crippen molar-refractivity contribution < 1.29 is 19.0 Å². The van der Waals surface area contributed by atoms with Crippen molar-refractivity contribution in [2.24, 2.45) is 0 Å². The number of carbonyl (C=O) groups is 1. The lowest BCUT2D eigenvalue weighted by molar-refractivity contribution is -0.130. The van der Waals surface area contributed by atoms with Crippen molar-refractivity contribution in [1.82, 2.24) is 24.6 Å². The van der Waals surface area contributed by atoms with E-state index in [0.717, 1.165) is 53.3 Å². The van der Waals surface area contributed by atoms with Crippen molar-refractivity contribution in [3.63, 3.8) is 0 Å². The Kier molecular flexibility index (Phi) is 7.21. The van der Waals surface area contributed by atoms with Crippen LogP contribution >= 0.6 is 23.1 Å². The minimum Gasteiger partial charge on any atom is -0.495 e. The van der Waals surface area contributed by atoms with Crippen LogP contribution in [0.4, 0.5) is 0 Å². The predicted octanol–water partition coefficient (Wildman–Crippen LogP) is 4.17. The molecule has 11 heteroatoms. The number of hydrogen-bond donors (Lipinski definition) is 0. The second-order valence-electron chi connectivity index (χ2n) is 8.92. The van der Waals surface area contributed by atoms with Crippen molar-refractivity contribution in [3.8, 4) is 33.6 Å². The van der Waals surface area contributed by atoms with Gasteiger partial charge >= 0.3 is 0 Å². The van der Waals surface area contributed by atoms with E-state index in [-0.39, 0.29) is 12.7 Å². The number of ether oxygens (including phenoxy) is 3. The Morgan fingerprint density at radius 3 is 2.68 bits per heavy atom. The summed E-state index contributed by atoms with van der Waals surface area (Å²) < 4.78 is 18.5. The van der Waals surface area contributed by atoms with E-state index in [9.17, 15) is 4.79 Å². The molecule has 196 valence electrons. The minimum atomic E-state index is 0.102. The largest absolute Gasteiger partial charge is 0.495 e. The summed E-state index contributed by atoms with van der Waals surface area (Å²) in [6.45, 7) is 4.14. The molecule has 0 unspecified atom stereocenters. The number of aromatic nitrogens is 3. The van der Waals surface area contributed by atoms with E-state index in [1.165, 1.54) is 17.3 Å². The van der Waals surface area contributed by atoms with E-state index < -0.39 is 0 Å². The first kappa shape index (κ1) is 24.8. The standard InChI is InChI=1S/C27H27N5O4S2/c1-34-21-6-3-2-5-20(21)32-26(24-7-4-14-37-24)28-29-27(32)38-17-25(33)31-12-10-30(11-13-31)16-19-8-9-22-23(15-19)36-18-35-22/h2-9,14-15H,10-13,16-18H2,1H3. The number of methoxy groups -OCH3 is 1. The number of nitrogens with zero attached hydrogens (tertiary/aromatic N) is 5. The number of rotatable bonds is 8. The molecule has 0 radical (unpaired) electrons. The molecule has 0 bridgehead atoms. The molecule has 1 amide bonds. The second-order valence-corrected chi connectivity index (χ2v) is 10.8. The Bertz CT molecular complexity index is 1420. The Balaban J connectivity index is 1.10. The van der Waals surface area contributed by atoms with Gasteiger partial charge in [-0.1, -0.05) is 36.0 Å². The Morgan fingerprint density at radius 1 is 1.03 bits per heavy atom. The van der Waals surface area contributed by atoms with E-state index in [0.29, 0.717) is 24.0 Å². The van der Waals surface area contributed by atoms with Gasteiger partial charge in [0.1, 0.15) is 5.75 Å². The highest BCUT2D eigenvalue weighted by Crippen LogP contribution is 2.35. The fraction of sp³-hybridized carbons (Fsp3) is 0.296. The van der Waals surface area contributed by atoms with E-state index in [1.807, 2.05) is 63.4 Å². The van der Waals surface area contributed by atoms with Gasteiger partial charge in [-0.3, -0.25) is 14.3 Å². The number of para-hydroxylation sites is 2. The number of fused-ring (bicyclic) bond motifs is 1. The number of amides is 1. The smallest absolute Gasteiger partial charge is 0.233 e. The monoisotopic (exact) mass is 549 g/mol. The summed E-state index contributed by atoms with van der Waals surface area (Å²) in [6.07, 6.45) is 0. The van der Waals surface area contributed by atoms with Crippen LogP contribution in [0.1, 0.15) is 5.56 Å². The van der Waals surface area contributed by atoms with Crippen molar-refractivity contribution >= 4 is 29.0 Å². The summed E-state index contributed by atoms with van der Waals surface area (Å²) in [5.74, 6) is 3.44. The Morgan fingerprint density at radius 2 is 1.87 bits per heavy atom. The fourth-order valence-corrected chi connectivity index (χ4v) is 6.18. The van der Waals surface area contributed by atoms with Crippen LogP contribution in [-0.2, 0) is 11.3 Å². The molecule has 0 aliphatic carbocycles. The molecule has 1 saturated heterocycles. The van der Waals surface area contributed by atoms with Crippen molar-refractivity contribution in [2.75, 3.05) is 45.8 Å². The topological polar surface area (TPSA) is 82.0 Å². The molecule has 2 aliphatic heterocycles. The highest BCUT2D eigenvalue weighted by Gasteiger charge is 2.24. The maximum atomic E-state index is 13.1. The lowest BCUT2D eigenvalue weighted by Crippen LogP contribution is -2.48. The van der Waals surface area contributed by atoms with Crippen LogP contribution in [0, 0.1) is 0 Å². The van der Waals surface area contributed by atoms with Crippen LogP contribution in [0.2, 0.25) is 0 Å².